The quantitative estimate of drug-likeness (QED) is 0.659. The van der Waals surface area contributed by atoms with Gasteiger partial charge in [0.25, 0.3) is 0 Å². The minimum absolute atomic E-state index is 0.400. The second-order valence-electron chi connectivity index (χ2n) is 5.59. The fraction of sp³-hybridized carbons (Fsp3) is 0.105. The molecular weight excluding hydrogens is 368 g/mol. The number of fused-ring (bicyclic) bond motifs is 3. The van der Waals surface area contributed by atoms with Gasteiger partial charge >= 0.3 is 0 Å². The summed E-state index contributed by atoms with van der Waals surface area (Å²) in [6.07, 6.45) is 5.45. The Bertz CT molecular complexity index is 965. The van der Waals surface area contributed by atoms with E-state index in [-0.39, 0.29) is 0 Å². The zero-order chi connectivity index (χ0) is 17.9. The van der Waals surface area contributed by atoms with Gasteiger partial charge < -0.3 is 10.1 Å². The van der Waals surface area contributed by atoms with Gasteiger partial charge in [0.15, 0.2) is 11.9 Å². The van der Waals surface area contributed by atoms with Crippen LogP contribution in [-0.2, 0) is 0 Å². The lowest BCUT2D eigenvalue weighted by Crippen LogP contribution is -2.23. The van der Waals surface area contributed by atoms with Crippen molar-refractivity contribution in [2.75, 3.05) is 11.6 Å². The lowest BCUT2D eigenvalue weighted by molar-refractivity contribution is 0.266. The molecule has 2 heterocycles. The summed E-state index contributed by atoms with van der Waals surface area (Å²) in [5, 5.41) is 13.0. The fourth-order valence-electron chi connectivity index (χ4n) is 2.63. The van der Waals surface area contributed by atoms with Crippen molar-refractivity contribution in [2.24, 2.45) is 0 Å². The highest BCUT2D eigenvalue weighted by molar-refractivity contribution is 7.98. The third-order valence-corrected chi connectivity index (χ3v) is 4.63. The number of thioether (sulfide) groups is 1. The van der Waals surface area contributed by atoms with E-state index in [4.69, 9.17) is 16.3 Å². The normalized spacial score (nSPS) is 15.5. The summed E-state index contributed by atoms with van der Waals surface area (Å²) < 4.78 is 6.08. The van der Waals surface area contributed by atoms with E-state index in [2.05, 4.69) is 20.5 Å². The molecule has 0 amide bonds. The molecule has 1 aliphatic heterocycles. The molecule has 0 unspecified atom stereocenters. The monoisotopic (exact) mass is 382 g/mol. The van der Waals surface area contributed by atoms with Crippen LogP contribution in [0, 0.1) is 0 Å². The van der Waals surface area contributed by atoms with E-state index in [1.807, 2.05) is 66.9 Å². The number of anilines is 1. The van der Waals surface area contributed by atoms with Crippen molar-refractivity contribution in [1.82, 2.24) is 15.2 Å². The van der Waals surface area contributed by atoms with Crippen LogP contribution in [0.5, 0.6) is 5.88 Å². The van der Waals surface area contributed by atoms with Crippen LogP contribution >= 0.6 is 23.4 Å². The topological polar surface area (TPSA) is 59.9 Å². The number of nitrogens with one attached hydrogen (secondary N) is 1. The van der Waals surface area contributed by atoms with Gasteiger partial charge in [-0.2, -0.15) is 4.98 Å². The number of rotatable bonds is 3. The lowest BCUT2D eigenvalue weighted by atomic mass is 10.1. The van der Waals surface area contributed by atoms with Crippen LogP contribution in [0.4, 0.5) is 5.69 Å². The number of hydrogen-bond acceptors (Lipinski definition) is 6. The van der Waals surface area contributed by atoms with E-state index in [9.17, 15) is 0 Å². The Hall–Kier alpha value is -2.57. The van der Waals surface area contributed by atoms with Gasteiger partial charge in [-0.15, -0.1) is 10.2 Å². The number of ether oxygens (including phenoxy) is 1. The van der Waals surface area contributed by atoms with Crippen LogP contribution in [0.25, 0.3) is 17.3 Å². The molecule has 0 radical (unpaired) electrons. The summed E-state index contributed by atoms with van der Waals surface area (Å²) in [4.78, 5) is 4.48. The highest BCUT2D eigenvalue weighted by Crippen LogP contribution is 2.37. The zero-order valence-corrected chi connectivity index (χ0v) is 15.5. The molecule has 1 atom stereocenters. The number of nitrogens with zero attached hydrogens (tertiary/aromatic N) is 3. The van der Waals surface area contributed by atoms with Crippen molar-refractivity contribution in [1.29, 1.82) is 0 Å². The van der Waals surface area contributed by atoms with Crippen LogP contribution in [0.2, 0.25) is 5.02 Å². The van der Waals surface area contributed by atoms with Gasteiger partial charge in [0.05, 0.1) is 0 Å². The van der Waals surface area contributed by atoms with Crippen molar-refractivity contribution in [3.8, 4) is 17.1 Å². The van der Waals surface area contributed by atoms with Crippen LogP contribution in [0.1, 0.15) is 5.56 Å². The second kappa shape index (κ2) is 7.35. The maximum absolute atomic E-state index is 6.18. The summed E-state index contributed by atoms with van der Waals surface area (Å²) in [5.74, 6) is 0.431. The predicted molar refractivity (Wildman–Crippen MR) is 106 cm³/mol. The average molecular weight is 383 g/mol. The van der Waals surface area contributed by atoms with Gasteiger partial charge in [-0.3, -0.25) is 0 Å². The van der Waals surface area contributed by atoms with Gasteiger partial charge in [-0.1, -0.05) is 59.8 Å². The summed E-state index contributed by atoms with van der Waals surface area (Å²) in [6.45, 7) is 0. The first-order chi connectivity index (χ1) is 12.7. The molecule has 0 saturated heterocycles. The minimum Gasteiger partial charge on any atom is -0.448 e. The van der Waals surface area contributed by atoms with Crippen LogP contribution in [0.15, 0.2) is 59.8 Å². The molecule has 130 valence electrons. The summed E-state index contributed by atoms with van der Waals surface area (Å²) in [5.41, 5.74) is 3.34. The summed E-state index contributed by atoms with van der Waals surface area (Å²) in [7, 11) is 0. The maximum atomic E-state index is 6.18. The van der Waals surface area contributed by atoms with Crippen molar-refractivity contribution < 1.29 is 4.74 Å². The Morgan fingerprint density at radius 2 is 2.00 bits per heavy atom. The van der Waals surface area contributed by atoms with Crippen LogP contribution < -0.4 is 10.1 Å². The van der Waals surface area contributed by atoms with Crippen LogP contribution in [0.3, 0.4) is 0 Å². The summed E-state index contributed by atoms with van der Waals surface area (Å²) in [6, 6.07) is 15.6. The van der Waals surface area contributed by atoms with E-state index < -0.39 is 6.23 Å². The number of halogens is 1. The van der Waals surface area contributed by atoms with Gasteiger partial charge in [0.2, 0.25) is 11.0 Å². The Morgan fingerprint density at radius 1 is 1.15 bits per heavy atom. The molecule has 7 heteroatoms. The van der Waals surface area contributed by atoms with E-state index in [0.29, 0.717) is 21.8 Å². The Morgan fingerprint density at radius 3 is 2.81 bits per heavy atom. The molecule has 0 bridgehead atoms. The van der Waals surface area contributed by atoms with Gasteiger partial charge in [0.1, 0.15) is 0 Å². The molecule has 0 fully saturated rings. The standard InChI is InChI=1S/C19H15ClN4OS/c1-26-19-22-18-17(23-24-19)14-11-13(20)8-9-15(14)21-16(25-18)10-7-12-5-3-2-4-6-12/h2-11,16,21H,1H3/b10-7+/t16-/m1/s1. The molecule has 1 aromatic heterocycles. The Labute approximate surface area is 160 Å². The lowest BCUT2D eigenvalue weighted by Gasteiger charge is -2.15. The minimum atomic E-state index is -0.400. The smallest absolute Gasteiger partial charge is 0.247 e. The molecule has 26 heavy (non-hydrogen) atoms. The fourth-order valence-corrected chi connectivity index (χ4v) is 3.10. The summed E-state index contributed by atoms with van der Waals surface area (Å²) >= 11 is 7.59. The molecule has 0 spiro atoms. The first kappa shape index (κ1) is 16.9. The number of benzene rings is 2. The number of aromatic nitrogens is 3. The SMILES string of the molecule is CSc1nnc2c(n1)O[C@H](/C=C/c1ccccc1)Nc1ccc(Cl)cc1-2. The second-order valence-corrected chi connectivity index (χ2v) is 6.80. The van der Waals surface area contributed by atoms with Crippen molar-refractivity contribution in [3.05, 3.63) is 65.2 Å². The third-order valence-electron chi connectivity index (χ3n) is 3.85. The first-order valence-corrected chi connectivity index (χ1v) is 9.58. The molecule has 0 aliphatic carbocycles. The van der Waals surface area contributed by atoms with Gasteiger partial charge in [-0.25, -0.2) is 0 Å². The van der Waals surface area contributed by atoms with Gasteiger partial charge in [0, 0.05) is 16.3 Å². The van der Waals surface area contributed by atoms with Crippen molar-refractivity contribution in [2.45, 2.75) is 11.4 Å². The highest BCUT2D eigenvalue weighted by atomic mass is 35.5. The first-order valence-electron chi connectivity index (χ1n) is 7.98. The van der Waals surface area contributed by atoms with Crippen molar-refractivity contribution in [3.63, 3.8) is 0 Å². The Balaban J connectivity index is 1.75. The third kappa shape index (κ3) is 3.52. The van der Waals surface area contributed by atoms with E-state index >= 15 is 0 Å². The van der Waals surface area contributed by atoms with E-state index in [0.717, 1.165) is 16.8 Å². The molecule has 5 nitrogen and oxygen atoms in total. The largest absolute Gasteiger partial charge is 0.448 e. The Kier molecular flexibility index (Phi) is 4.77. The van der Waals surface area contributed by atoms with E-state index in [1.54, 1.807) is 0 Å². The van der Waals surface area contributed by atoms with Gasteiger partial charge in [-0.05, 0) is 36.1 Å². The molecule has 3 aromatic rings. The van der Waals surface area contributed by atoms with E-state index in [1.165, 1.54) is 11.8 Å². The van der Waals surface area contributed by atoms with Crippen molar-refractivity contribution >= 4 is 35.1 Å². The number of hydrogen-bond donors (Lipinski definition) is 1. The molecule has 0 saturated carbocycles. The highest BCUT2D eigenvalue weighted by Gasteiger charge is 2.24. The predicted octanol–water partition coefficient (Wildman–Crippen LogP) is 4.76. The van der Waals surface area contributed by atoms with Crippen LogP contribution in [-0.4, -0.2) is 27.7 Å². The molecule has 2 aromatic carbocycles. The maximum Gasteiger partial charge on any atom is 0.247 e. The molecule has 1 N–H and O–H groups in total. The molecule has 1 aliphatic rings. The molecular formula is C19H15ClN4OS. The molecule has 4 rings (SSSR count). The zero-order valence-electron chi connectivity index (χ0n) is 13.9. The average Bonchev–Trinajstić information content (AvgIpc) is 2.83.